The van der Waals surface area contributed by atoms with Crippen molar-refractivity contribution >= 4 is 5.97 Å². The van der Waals surface area contributed by atoms with Gasteiger partial charge in [0, 0.05) is 24.6 Å². The number of nitrogens with one attached hydrogen (secondary N) is 1. The second kappa shape index (κ2) is 6.72. The number of carbonyl (C=O) groups is 1. The van der Waals surface area contributed by atoms with Crippen LogP contribution in [0.3, 0.4) is 0 Å². The fourth-order valence-corrected chi connectivity index (χ4v) is 3.24. The molecule has 5 nitrogen and oxygen atoms in total. The van der Waals surface area contributed by atoms with E-state index in [0.717, 1.165) is 12.1 Å². The van der Waals surface area contributed by atoms with E-state index in [4.69, 9.17) is 14.2 Å². The molecule has 1 aliphatic heterocycles. The summed E-state index contributed by atoms with van der Waals surface area (Å²) in [7, 11) is 1.41. The molecule has 1 spiro atoms. The molecule has 2 aliphatic rings. The quantitative estimate of drug-likeness (QED) is 0.865. The Morgan fingerprint density at radius 2 is 1.96 bits per heavy atom. The van der Waals surface area contributed by atoms with Crippen molar-refractivity contribution in [2.24, 2.45) is 0 Å². The highest BCUT2D eigenvalue weighted by molar-refractivity contribution is 5.89. The summed E-state index contributed by atoms with van der Waals surface area (Å²) in [6, 6.07) is 10.3. The fourth-order valence-electron chi connectivity index (χ4n) is 3.24. The van der Waals surface area contributed by atoms with Gasteiger partial charge in [-0.25, -0.2) is 4.79 Å². The van der Waals surface area contributed by atoms with Crippen molar-refractivity contribution in [3.63, 3.8) is 0 Å². The van der Waals surface area contributed by atoms with E-state index in [1.165, 1.54) is 12.7 Å². The molecule has 1 aromatic carbocycles. The minimum Gasteiger partial charge on any atom is -0.466 e. The van der Waals surface area contributed by atoms with Crippen LogP contribution in [0.1, 0.15) is 37.8 Å². The maximum Gasteiger partial charge on any atom is 0.335 e. The van der Waals surface area contributed by atoms with Gasteiger partial charge in [0.05, 0.1) is 25.9 Å². The summed E-state index contributed by atoms with van der Waals surface area (Å²) in [5.41, 5.74) is 2.74. The largest absolute Gasteiger partial charge is 0.466 e. The molecule has 0 saturated carbocycles. The van der Waals surface area contributed by atoms with Gasteiger partial charge < -0.3 is 19.5 Å². The van der Waals surface area contributed by atoms with Crippen LogP contribution in [0.25, 0.3) is 0 Å². The molecular weight excluding hydrogens is 294 g/mol. The number of hydrogen-bond acceptors (Lipinski definition) is 5. The normalized spacial score (nSPS) is 21.3. The van der Waals surface area contributed by atoms with Gasteiger partial charge in [-0.3, -0.25) is 0 Å². The van der Waals surface area contributed by atoms with Crippen LogP contribution in [0.2, 0.25) is 0 Å². The van der Waals surface area contributed by atoms with Crippen molar-refractivity contribution in [3.05, 3.63) is 47.2 Å². The zero-order valence-electron chi connectivity index (χ0n) is 13.6. The minimum absolute atomic E-state index is 0.116. The molecule has 1 N–H and O–H groups in total. The highest BCUT2D eigenvalue weighted by atomic mass is 16.7. The second-order valence-corrected chi connectivity index (χ2v) is 6.01. The standard InChI is InChI=1S/C18H23NO4/c1-13(14-6-4-3-5-7-14)19-16-8-9-18(22-10-11-23-18)12-15(16)17(20)21-2/h3-7,13,19H,8-12H2,1-2H3/t13-/m1/s1. The third kappa shape index (κ3) is 3.41. The molecule has 1 saturated heterocycles. The number of carbonyl (C=O) groups excluding carboxylic acids is 1. The SMILES string of the molecule is COC(=O)C1=C(N[C@H](C)c2ccccc2)CCC2(C1)OCCO2. The number of rotatable bonds is 4. The first kappa shape index (κ1) is 16.0. The summed E-state index contributed by atoms with van der Waals surface area (Å²) < 4.78 is 16.5. The van der Waals surface area contributed by atoms with E-state index in [1.807, 2.05) is 18.2 Å². The molecule has 5 heteroatoms. The average molecular weight is 317 g/mol. The van der Waals surface area contributed by atoms with E-state index >= 15 is 0 Å². The third-order valence-corrected chi connectivity index (χ3v) is 4.50. The summed E-state index contributed by atoms with van der Waals surface area (Å²) in [5, 5.41) is 3.47. The van der Waals surface area contributed by atoms with Crippen molar-refractivity contribution in [1.29, 1.82) is 0 Å². The predicted molar refractivity (Wildman–Crippen MR) is 85.5 cm³/mol. The lowest BCUT2D eigenvalue weighted by Crippen LogP contribution is -2.38. The van der Waals surface area contributed by atoms with Crippen molar-refractivity contribution in [2.75, 3.05) is 20.3 Å². The van der Waals surface area contributed by atoms with E-state index in [0.29, 0.717) is 31.6 Å². The van der Waals surface area contributed by atoms with Crippen LogP contribution >= 0.6 is 0 Å². The van der Waals surface area contributed by atoms with Gasteiger partial charge in [-0.05, 0) is 18.9 Å². The Morgan fingerprint density at radius 1 is 1.26 bits per heavy atom. The van der Waals surface area contributed by atoms with E-state index in [1.54, 1.807) is 0 Å². The van der Waals surface area contributed by atoms with Crippen molar-refractivity contribution in [1.82, 2.24) is 5.32 Å². The smallest absolute Gasteiger partial charge is 0.335 e. The van der Waals surface area contributed by atoms with Crippen LogP contribution in [-0.2, 0) is 19.0 Å². The molecule has 3 rings (SSSR count). The molecule has 1 fully saturated rings. The molecular formula is C18H23NO4. The van der Waals surface area contributed by atoms with Gasteiger partial charge in [0.2, 0.25) is 0 Å². The number of ether oxygens (including phenoxy) is 3. The lowest BCUT2D eigenvalue weighted by Gasteiger charge is -2.34. The van der Waals surface area contributed by atoms with Gasteiger partial charge in [0.25, 0.3) is 0 Å². The first-order valence-corrected chi connectivity index (χ1v) is 8.03. The Balaban J connectivity index is 1.82. The zero-order valence-corrected chi connectivity index (χ0v) is 13.6. The topological polar surface area (TPSA) is 56.8 Å². The van der Waals surface area contributed by atoms with E-state index in [-0.39, 0.29) is 12.0 Å². The molecule has 124 valence electrons. The maximum absolute atomic E-state index is 12.2. The third-order valence-electron chi connectivity index (χ3n) is 4.50. The van der Waals surface area contributed by atoms with Crippen LogP contribution in [-0.4, -0.2) is 32.1 Å². The van der Waals surface area contributed by atoms with Crippen LogP contribution in [0.4, 0.5) is 0 Å². The van der Waals surface area contributed by atoms with Crippen LogP contribution < -0.4 is 5.32 Å². The minimum atomic E-state index is -0.648. The Morgan fingerprint density at radius 3 is 2.61 bits per heavy atom. The first-order valence-electron chi connectivity index (χ1n) is 8.03. The van der Waals surface area contributed by atoms with Gasteiger partial charge in [-0.2, -0.15) is 0 Å². The van der Waals surface area contributed by atoms with Crippen LogP contribution in [0, 0.1) is 0 Å². The van der Waals surface area contributed by atoms with Gasteiger partial charge >= 0.3 is 5.97 Å². The fraction of sp³-hybridized carbons (Fsp3) is 0.500. The van der Waals surface area contributed by atoms with Crippen LogP contribution in [0.15, 0.2) is 41.6 Å². The van der Waals surface area contributed by atoms with Crippen molar-refractivity contribution in [3.8, 4) is 0 Å². The number of esters is 1. The molecule has 1 aliphatic carbocycles. The highest BCUT2D eigenvalue weighted by Gasteiger charge is 2.43. The average Bonchev–Trinajstić information content (AvgIpc) is 3.04. The molecule has 0 unspecified atom stereocenters. The lowest BCUT2D eigenvalue weighted by molar-refractivity contribution is -0.168. The molecule has 1 atom stereocenters. The summed E-state index contributed by atoms with van der Waals surface area (Å²) >= 11 is 0. The van der Waals surface area contributed by atoms with Gasteiger partial charge in [-0.1, -0.05) is 30.3 Å². The predicted octanol–water partition coefficient (Wildman–Crippen LogP) is 2.69. The second-order valence-electron chi connectivity index (χ2n) is 6.01. The Bertz CT molecular complexity index is 590. The maximum atomic E-state index is 12.2. The monoisotopic (exact) mass is 317 g/mol. The van der Waals surface area contributed by atoms with Crippen molar-refractivity contribution < 1.29 is 19.0 Å². The summed E-state index contributed by atoms with van der Waals surface area (Å²) in [6.45, 7) is 3.25. The zero-order chi connectivity index (χ0) is 16.3. The Kier molecular flexibility index (Phi) is 4.68. The lowest BCUT2D eigenvalue weighted by atomic mass is 9.90. The number of methoxy groups -OCH3 is 1. The van der Waals surface area contributed by atoms with Crippen LogP contribution in [0.5, 0.6) is 0 Å². The molecule has 23 heavy (non-hydrogen) atoms. The van der Waals surface area contributed by atoms with Gasteiger partial charge in [0.15, 0.2) is 5.79 Å². The Labute approximate surface area is 136 Å². The van der Waals surface area contributed by atoms with E-state index in [9.17, 15) is 4.79 Å². The molecule has 0 aromatic heterocycles. The van der Waals surface area contributed by atoms with Gasteiger partial charge in [0.1, 0.15) is 0 Å². The Hall–Kier alpha value is -1.85. The summed E-state index contributed by atoms with van der Waals surface area (Å²) in [4.78, 5) is 12.2. The first-order chi connectivity index (χ1) is 11.1. The number of hydrogen-bond donors (Lipinski definition) is 1. The molecule has 0 amide bonds. The molecule has 0 radical (unpaired) electrons. The highest BCUT2D eigenvalue weighted by Crippen LogP contribution is 2.39. The summed E-state index contributed by atoms with van der Waals surface area (Å²) in [5.74, 6) is -0.962. The number of benzene rings is 1. The van der Waals surface area contributed by atoms with E-state index in [2.05, 4.69) is 24.4 Å². The summed E-state index contributed by atoms with van der Waals surface area (Å²) in [6.07, 6.45) is 1.89. The van der Waals surface area contributed by atoms with E-state index < -0.39 is 5.79 Å². The van der Waals surface area contributed by atoms with Gasteiger partial charge in [-0.15, -0.1) is 0 Å². The molecule has 1 heterocycles. The molecule has 0 bridgehead atoms. The number of allylic oxidation sites excluding steroid dienone is 1. The molecule has 1 aromatic rings. The van der Waals surface area contributed by atoms with Crippen molar-refractivity contribution in [2.45, 2.75) is 38.0 Å².